The fraction of sp³-hybridized carbons (Fsp3) is 0.167. The number of ether oxygens (including phenoxy) is 2. The molecule has 0 saturated carbocycles. The van der Waals surface area contributed by atoms with Gasteiger partial charge in [0, 0.05) is 17.1 Å². The van der Waals surface area contributed by atoms with Crippen molar-refractivity contribution in [2.45, 2.75) is 13.0 Å². The lowest BCUT2D eigenvalue weighted by molar-refractivity contribution is -0.122. The van der Waals surface area contributed by atoms with Gasteiger partial charge in [0.1, 0.15) is 11.4 Å². The van der Waals surface area contributed by atoms with Crippen LogP contribution in [0.25, 0.3) is 11.3 Å². The van der Waals surface area contributed by atoms with Gasteiger partial charge in [0.2, 0.25) is 0 Å². The number of carbonyl (C=O) groups excluding carboxylic acids is 2. The number of nitrogens with zero attached hydrogens (tertiary/aromatic N) is 1. The zero-order valence-electron chi connectivity index (χ0n) is 14.5. The summed E-state index contributed by atoms with van der Waals surface area (Å²) < 4.78 is 10.2. The molecule has 3 aromatic rings. The smallest absolute Gasteiger partial charge is 0.354 e. The summed E-state index contributed by atoms with van der Waals surface area (Å²) in [6, 6.07) is 8.57. The van der Waals surface area contributed by atoms with Crippen LogP contribution in [0.5, 0.6) is 5.75 Å². The Morgan fingerprint density at radius 1 is 1.33 bits per heavy atom. The van der Waals surface area contributed by atoms with Gasteiger partial charge in [-0.2, -0.15) is 0 Å². The molecular weight excluding hydrogens is 390 g/mol. The maximum atomic E-state index is 12.3. The van der Waals surface area contributed by atoms with E-state index < -0.39 is 12.1 Å². The van der Waals surface area contributed by atoms with Crippen LogP contribution in [0, 0.1) is 0 Å². The van der Waals surface area contributed by atoms with E-state index in [9.17, 15) is 9.59 Å². The molecule has 0 aliphatic carbocycles. The third-order valence-electron chi connectivity index (χ3n) is 3.63. The molecule has 3 rings (SSSR count). The van der Waals surface area contributed by atoms with Crippen LogP contribution in [0.3, 0.4) is 0 Å². The Labute approximate surface area is 164 Å². The van der Waals surface area contributed by atoms with E-state index in [0.717, 1.165) is 0 Å². The standard InChI is InChI=1S/C18H16ClN3O4S/c1-10(26-15-6-4-3-5-12(15)19)16(23)22-18-21-14(9-27-18)11-7-13(20-8-11)17(24)25-2/h3-10,20H,1-2H3,(H,21,22,23). The van der Waals surface area contributed by atoms with E-state index in [4.69, 9.17) is 16.3 Å². The van der Waals surface area contributed by atoms with E-state index in [2.05, 4.69) is 20.0 Å². The molecule has 1 unspecified atom stereocenters. The summed E-state index contributed by atoms with van der Waals surface area (Å²) in [6.07, 6.45) is 0.895. The minimum Gasteiger partial charge on any atom is -0.479 e. The van der Waals surface area contributed by atoms with Gasteiger partial charge < -0.3 is 14.5 Å². The Bertz CT molecular complexity index is 969. The predicted molar refractivity (Wildman–Crippen MR) is 103 cm³/mol. The monoisotopic (exact) mass is 405 g/mol. The number of esters is 1. The lowest BCUT2D eigenvalue weighted by Crippen LogP contribution is -2.30. The number of aromatic amines is 1. The second-order valence-electron chi connectivity index (χ2n) is 5.51. The van der Waals surface area contributed by atoms with Crippen molar-refractivity contribution in [2.24, 2.45) is 0 Å². The van der Waals surface area contributed by atoms with E-state index >= 15 is 0 Å². The van der Waals surface area contributed by atoms with Crippen molar-refractivity contribution < 1.29 is 19.1 Å². The normalized spacial score (nSPS) is 11.7. The van der Waals surface area contributed by atoms with Crippen LogP contribution in [0.1, 0.15) is 17.4 Å². The summed E-state index contributed by atoms with van der Waals surface area (Å²) >= 11 is 7.30. The molecule has 0 saturated heterocycles. The Kier molecular flexibility index (Phi) is 5.78. The van der Waals surface area contributed by atoms with Crippen LogP contribution in [0.2, 0.25) is 5.02 Å². The Hall–Kier alpha value is -2.84. The number of amides is 1. The highest BCUT2D eigenvalue weighted by atomic mass is 35.5. The number of H-pyrrole nitrogens is 1. The molecule has 2 aromatic heterocycles. The first-order valence-corrected chi connectivity index (χ1v) is 9.18. The second-order valence-corrected chi connectivity index (χ2v) is 6.78. The number of halogens is 1. The van der Waals surface area contributed by atoms with Gasteiger partial charge in [0.15, 0.2) is 11.2 Å². The number of para-hydroxylation sites is 1. The van der Waals surface area contributed by atoms with E-state index in [-0.39, 0.29) is 5.91 Å². The van der Waals surface area contributed by atoms with Crippen molar-refractivity contribution >= 4 is 39.9 Å². The third-order valence-corrected chi connectivity index (χ3v) is 4.70. The number of hydrogen-bond donors (Lipinski definition) is 2. The maximum Gasteiger partial charge on any atom is 0.354 e. The largest absolute Gasteiger partial charge is 0.479 e. The minimum absolute atomic E-state index is 0.327. The number of thiazole rings is 1. The van der Waals surface area contributed by atoms with E-state index in [0.29, 0.717) is 32.9 Å². The predicted octanol–water partition coefficient (Wildman–Crippen LogP) is 3.98. The molecule has 0 aliphatic rings. The Balaban J connectivity index is 1.64. The second kappa shape index (κ2) is 8.24. The van der Waals surface area contributed by atoms with Gasteiger partial charge in [-0.25, -0.2) is 9.78 Å². The SMILES string of the molecule is COC(=O)c1cc(-c2csc(NC(=O)C(C)Oc3ccccc3Cl)n2)c[nH]1. The molecule has 0 radical (unpaired) electrons. The minimum atomic E-state index is -0.754. The average Bonchev–Trinajstić information content (AvgIpc) is 3.32. The molecule has 0 fully saturated rings. The van der Waals surface area contributed by atoms with Crippen molar-refractivity contribution in [3.8, 4) is 17.0 Å². The first-order valence-electron chi connectivity index (χ1n) is 7.92. The van der Waals surface area contributed by atoms with E-state index in [1.807, 2.05) is 0 Å². The fourth-order valence-corrected chi connectivity index (χ4v) is 3.13. The summed E-state index contributed by atoms with van der Waals surface area (Å²) in [6.45, 7) is 1.63. The van der Waals surface area contributed by atoms with Crippen molar-refractivity contribution in [1.29, 1.82) is 0 Å². The summed E-state index contributed by atoms with van der Waals surface area (Å²) in [7, 11) is 1.31. The highest BCUT2D eigenvalue weighted by Gasteiger charge is 2.18. The first-order chi connectivity index (χ1) is 13.0. The number of nitrogens with one attached hydrogen (secondary N) is 2. The molecule has 27 heavy (non-hydrogen) atoms. The topological polar surface area (TPSA) is 93.3 Å². The summed E-state index contributed by atoms with van der Waals surface area (Å²) in [5.74, 6) is -0.375. The number of methoxy groups -OCH3 is 1. The zero-order chi connectivity index (χ0) is 19.4. The van der Waals surface area contributed by atoms with Gasteiger partial charge in [-0.05, 0) is 25.1 Å². The van der Waals surface area contributed by atoms with Gasteiger partial charge in [-0.15, -0.1) is 11.3 Å². The molecule has 0 spiro atoms. The molecule has 0 bridgehead atoms. The van der Waals surface area contributed by atoms with Crippen LogP contribution < -0.4 is 10.1 Å². The van der Waals surface area contributed by atoms with Crippen molar-refractivity contribution in [3.63, 3.8) is 0 Å². The fourth-order valence-electron chi connectivity index (χ4n) is 2.23. The van der Waals surface area contributed by atoms with Crippen LogP contribution in [-0.4, -0.2) is 35.1 Å². The maximum absolute atomic E-state index is 12.3. The molecule has 2 heterocycles. The molecule has 9 heteroatoms. The molecule has 1 amide bonds. The number of anilines is 1. The molecule has 1 aromatic carbocycles. The van der Waals surface area contributed by atoms with Crippen LogP contribution in [-0.2, 0) is 9.53 Å². The number of hydrogen-bond acceptors (Lipinski definition) is 6. The number of aromatic nitrogens is 2. The van der Waals surface area contributed by atoms with Gasteiger partial charge >= 0.3 is 5.97 Å². The quantitative estimate of drug-likeness (QED) is 0.605. The zero-order valence-corrected chi connectivity index (χ0v) is 16.1. The van der Waals surface area contributed by atoms with E-state index in [1.165, 1.54) is 18.4 Å². The van der Waals surface area contributed by atoms with Gasteiger partial charge in [-0.1, -0.05) is 23.7 Å². The Morgan fingerprint density at radius 3 is 2.85 bits per heavy atom. The molecular formula is C18H16ClN3O4S. The van der Waals surface area contributed by atoms with Crippen molar-refractivity contribution in [3.05, 3.63) is 52.6 Å². The molecule has 140 valence electrons. The molecule has 1 atom stereocenters. The summed E-state index contributed by atoms with van der Waals surface area (Å²) in [5, 5.41) is 5.34. The van der Waals surface area contributed by atoms with Gasteiger partial charge in [0.05, 0.1) is 17.8 Å². The summed E-state index contributed by atoms with van der Waals surface area (Å²) in [5.41, 5.74) is 1.67. The van der Waals surface area contributed by atoms with Crippen molar-refractivity contribution in [1.82, 2.24) is 9.97 Å². The highest BCUT2D eigenvalue weighted by molar-refractivity contribution is 7.14. The molecule has 2 N–H and O–H groups in total. The highest BCUT2D eigenvalue weighted by Crippen LogP contribution is 2.27. The van der Waals surface area contributed by atoms with Crippen LogP contribution >= 0.6 is 22.9 Å². The van der Waals surface area contributed by atoms with E-state index in [1.54, 1.807) is 48.8 Å². The summed E-state index contributed by atoms with van der Waals surface area (Å²) in [4.78, 5) is 31.0. The van der Waals surface area contributed by atoms with Gasteiger partial charge in [0.25, 0.3) is 5.91 Å². The van der Waals surface area contributed by atoms with Crippen LogP contribution in [0.4, 0.5) is 5.13 Å². The molecule has 0 aliphatic heterocycles. The third kappa shape index (κ3) is 4.47. The number of carbonyl (C=O) groups is 2. The number of benzene rings is 1. The lowest BCUT2D eigenvalue weighted by atomic mass is 10.2. The lowest BCUT2D eigenvalue weighted by Gasteiger charge is -2.14. The number of rotatable bonds is 6. The van der Waals surface area contributed by atoms with Crippen molar-refractivity contribution in [2.75, 3.05) is 12.4 Å². The average molecular weight is 406 g/mol. The first kappa shape index (κ1) is 18.9. The van der Waals surface area contributed by atoms with Gasteiger partial charge in [-0.3, -0.25) is 10.1 Å². The van der Waals surface area contributed by atoms with Crippen LogP contribution in [0.15, 0.2) is 41.9 Å². The Morgan fingerprint density at radius 2 is 2.11 bits per heavy atom. The molecule has 7 nitrogen and oxygen atoms in total.